The van der Waals surface area contributed by atoms with Crippen molar-refractivity contribution in [2.75, 3.05) is 25.6 Å². The molecule has 160 valence electrons. The van der Waals surface area contributed by atoms with Gasteiger partial charge < -0.3 is 14.8 Å². The molecule has 4 aromatic rings. The molecule has 0 aliphatic heterocycles. The number of hydrogen-bond acceptors (Lipinski definition) is 6. The van der Waals surface area contributed by atoms with Crippen LogP contribution in [0.5, 0.6) is 11.8 Å². The Hall–Kier alpha value is -3.13. The number of methoxy groups -OCH3 is 1. The molecule has 1 N–H and O–H groups in total. The van der Waals surface area contributed by atoms with Crippen molar-refractivity contribution in [3.8, 4) is 17.4 Å². The molecule has 0 bridgehead atoms. The maximum atomic E-state index is 5.92. The molecule has 0 spiro atoms. The predicted octanol–water partition coefficient (Wildman–Crippen LogP) is 5.03. The molecular formula is C23H24BrN5O2. The first-order valence-electron chi connectivity index (χ1n) is 10.2. The fourth-order valence-electron chi connectivity index (χ4n) is 3.31. The molecule has 0 aliphatic rings. The summed E-state index contributed by atoms with van der Waals surface area (Å²) in [6, 6.07) is 18.4. The smallest absolute Gasteiger partial charge is 0.320 e. The summed E-state index contributed by atoms with van der Waals surface area (Å²) >= 11 is 3.57. The number of nitrogens with zero attached hydrogens (tertiary/aromatic N) is 4. The number of aryl methyl sites for hydroxylation is 1. The molecule has 0 fully saturated rings. The third-order valence-electron chi connectivity index (χ3n) is 4.80. The summed E-state index contributed by atoms with van der Waals surface area (Å²) in [5.41, 5.74) is 3.55. The number of nitrogens with one attached hydrogen (secondary N) is 1. The molecule has 0 atom stereocenters. The van der Waals surface area contributed by atoms with E-state index in [2.05, 4.69) is 48.3 Å². The molecule has 2 aromatic carbocycles. The van der Waals surface area contributed by atoms with E-state index in [-0.39, 0.29) is 0 Å². The van der Waals surface area contributed by atoms with Crippen LogP contribution in [0.25, 0.3) is 16.9 Å². The Morgan fingerprint density at radius 3 is 2.48 bits per heavy atom. The summed E-state index contributed by atoms with van der Waals surface area (Å²) in [4.78, 5) is 13.9. The number of halogens is 1. The zero-order valence-electron chi connectivity index (χ0n) is 17.5. The SMILES string of the molecule is CCNc1nc(OCCCc2ccccc2)nc2c1nc(Br)n2-c1ccc(OC)cc1. The van der Waals surface area contributed by atoms with Crippen molar-refractivity contribution in [1.82, 2.24) is 19.5 Å². The fourth-order valence-corrected chi connectivity index (χ4v) is 3.86. The zero-order chi connectivity index (χ0) is 21.6. The van der Waals surface area contributed by atoms with Crippen molar-refractivity contribution in [2.45, 2.75) is 19.8 Å². The van der Waals surface area contributed by atoms with E-state index >= 15 is 0 Å². The van der Waals surface area contributed by atoms with Crippen molar-refractivity contribution in [3.05, 3.63) is 64.9 Å². The summed E-state index contributed by atoms with van der Waals surface area (Å²) < 4.78 is 13.8. The molecule has 0 saturated carbocycles. The first-order valence-corrected chi connectivity index (χ1v) is 11.0. The maximum absolute atomic E-state index is 5.92. The lowest BCUT2D eigenvalue weighted by atomic mass is 10.1. The standard InChI is InChI=1S/C23H24BrN5O2/c1-3-25-20-19-21(29(22(24)26-19)17-11-13-18(30-2)14-12-17)28-23(27-20)31-15-7-10-16-8-5-4-6-9-16/h4-6,8-9,11-14H,3,7,10,15H2,1-2H3,(H,25,27,28). The maximum Gasteiger partial charge on any atom is 0.320 e. The van der Waals surface area contributed by atoms with Crippen LogP contribution in [-0.2, 0) is 6.42 Å². The van der Waals surface area contributed by atoms with Crippen LogP contribution in [-0.4, -0.2) is 39.8 Å². The Kier molecular flexibility index (Phi) is 6.66. The fraction of sp³-hybridized carbons (Fsp3) is 0.261. The van der Waals surface area contributed by atoms with Crippen molar-refractivity contribution in [1.29, 1.82) is 0 Å². The number of rotatable bonds is 9. The highest BCUT2D eigenvalue weighted by molar-refractivity contribution is 9.10. The van der Waals surface area contributed by atoms with Gasteiger partial charge in [0, 0.05) is 12.2 Å². The van der Waals surface area contributed by atoms with Gasteiger partial charge in [0.2, 0.25) is 0 Å². The molecule has 0 unspecified atom stereocenters. The number of hydrogen-bond donors (Lipinski definition) is 1. The Balaban J connectivity index is 1.61. The summed E-state index contributed by atoms with van der Waals surface area (Å²) in [5, 5.41) is 3.27. The van der Waals surface area contributed by atoms with E-state index in [4.69, 9.17) is 9.47 Å². The van der Waals surface area contributed by atoms with Gasteiger partial charge in [-0.1, -0.05) is 30.3 Å². The number of fused-ring (bicyclic) bond motifs is 1. The van der Waals surface area contributed by atoms with Crippen molar-refractivity contribution >= 4 is 32.9 Å². The van der Waals surface area contributed by atoms with Gasteiger partial charge in [-0.3, -0.25) is 4.57 Å². The highest BCUT2D eigenvalue weighted by Crippen LogP contribution is 2.29. The van der Waals surface area contributed by atoms with Gasteiger partial charge in [0.05, 0.1) is 13.7 Å². The summed E-state index contributed by atoms with van der Waals surface area (Å²) in [7, 11) is 1.65. The van der Waals surface area contributed by atoms with Crippen LogP contribution in [0.15, 0.2) is 59.3 Å². The van der Waals surface area contributed by atoms with Gasteiger partial charge >= 0.3 is 6.01 Å². The van der Waals surface area contributed by atoms with Gasteiger partial charge in [-0.25, -0.2) is 4.98 Å². The van der Waals surface area contributed by atoms with Crippen LogP contribution < -0.4 is 14.8 Å². The van der Waals surface area contributed by atoms with E-state index in [0.29, 0.717) is 40.9 Å². The second-order valence-electron chi connectivity index (χ2n) is 6.91. The molecular weight excluding hydrogens is 458 g/mol. The average molecular weight is 482 g/mol. The van der Waals surface area contributed by atoms with Crippen LogP contribution in [0, 0.1) is 0 Å². The largest absolute Gasteiger partial charge is 0.497 e. The molecule has 8 heteroatoms. The zero-order valence-corrected chi connectivity index (χ0v) is 19.1. The van der Waals surface area contributed by atoms with E-state index < -0.39 is 0 Å². The minimum Gasteiger partial charge on any atom is -0.497 e. The van der Waals surface area contributed by atoms with Gasteiger partial charge in [0.1, 0.15) is 5.75 Å². The van der Waals surface area contributed by atoms with Crippen molar-refractivity contribution < 1.29 is 9.47 Å². The molecule has 7 nitrogen and oxygen atoms in total. The van der Waals surface area contributed by atoms with Gasteiger partial charge in [0.25, 0.3) is 0 Å². The van der Waals surface area contributed by atoms with Gasteiger partial charge in [-0.15, -0.1) is 0 Å². The molecule has 2 aromatic heterocycles. The number of aromatic nitrogens is 4. The van der Waals surface area contributed by atoms with Crippen molar-refractivity contribution in [2.24, 2.45) is 0 Å². The normalized spacial score (nSPS) is 10.9. The van der Waals surface area contributed by atoms with E-state index in [0.717, 1.165) is 24.3 Å². The van der Waals surface area contributed by atoms with Crippen LogP contribution in [0.4, 0.5) is 5.82 Å². The van der Waals surface area contributed by atoms with Gasteiger partial charge in [-0.2, -0.15) is 9.97 Å². The minimum absolute atomic E-state index is 0.332. The Morgan fingerprint density at radius 2 is 1.77 bits per heavy atom. The monoisotopic (exact) mass is 481 g/mol. The Labute approximate surface area is 189 Å². The van der Waals surface area contributed by atoms with Gasteiger partial charge in [-0.05, 0) is 65.5 Å². The summed E-state index contributed by atoms with van der Waals surface area (Å²) in [6.07, 6.45) is 1.82. The van der Waals surface area contributed by atoms with Crippen LogP contribution in [0.3, 0.4) is 0 Å². The highest BCUT2D eigenvalue weighted by atomic mass is 79.9. The summed E-state index contributed by atoms with van der Waals surface area (Å²) in [5.74, 6) is 1.44. The Bertz CT molecular complexity index is 1150. The first kappa shape index (κ1) is 21.1. The summed E-state index contributed by atoms with van der Waals surface area (Å²) in [6.45, 7) is 3.26. The minimum atomic E-state index is 0.332. The molecule has 2 heterocycles. The second-order valence-corrected chi connectivity index (χ2v) is 7.62. The molecule has 0 amide bonds. The molecule has 0 saturated heterocycles. The van der Waals surface area contributed by atoms with E-state index in [9.17, 15) is 0 Å². The lowest BCUT2D eigenvalue weighted by Crippen LogP contribution is -2.07. The van der Waals surface area contributed by atoms with Crippen LogP contribution in [0.1, 0.15) is 18.9 Å². The topological polar surface area (TPSA) is 74.1 Å². The quantitative estimate of drug-likeness (QED) is 0.267. The van der Waals surface area contributed by atoms with E-state index in [1.54, 1.807) is 7.11 Å². The van der Waals surface area contributed by atoms with E-state index in [1.807, 2.05) is 54.0 Å². The lowest BCUT2D eigenvalue weighted by Gasteiger charge is -2.10. The third kappa shape index (κ3) is 4.80. The van der Waals surface area contributed by atoms with Crippen molar-refractivity contribution in [3.63, 3.8) is 0 Å². The number of imidazole rings is 1. The van der Waals surface area contributed by atoms with Crippen LogP contribution in [0.2, 0.25) is 0 Å². The molecule has 4 rings (SSSR count). The lowest BCUT2D eigenvalue weighted by molar-refractivity contribution is 0.288. The molecule has 31 heavy (non-hydrogen) atoms. The number of benzene rings is 2. The first-order chi connectivity index (χ1) is 15.2. The average Bonchev–Trinajstić information content (AvgIpc) is 3.14. The highest BCUT2D eigenvalue weighted by Gasteiger charge is 2.18. The number of ether oxygens (including phenoxy) is 2. The number of anilines is 1. The third-order valence-corrected chi connectivity index (χ3v) is 5.34. The Morgan fingerprint density at radius 1 is 1.00 bits per heavy atom. The second kappa shape index (κ2) is 9.78. The van der Waals surface area contributed by atoms with E-state index in [1.165, 1.54) is 5.56 Å². The molecule has 0 aliphatic carbocycles. The van der Waals surface area contributed by atoms with Gasteiger partial charge in [0.15, 0.2) is 21.7 Å². The predicted molar refractivity (Wildman–Crippen MR) is 125 cm³/mol. The molecule has 0 radical (unpaired) electrons. The van der Waals surface area contributed by atoms with Crippen LogP contribution >= 0.6 is 15.9 Å².